The number of nitrogens with zero attached hydrogens (tertiary/aromatic N) is 7. The number of hydrogen-bond acceptors (Lipinski definition) is 16. The molecule has 134 heavy (non-hydrogen) atoms. The van der Waals surface area contributed by atoms with Gasteiger partial charge in [-0.05, 0) is 120 Å². The second-order valence-corrected chi connectivity index (χ2v) is 36.9. The number of azide groups is 1. The highest BCUT2D eigenvalue weighted by atomic mass is 16.6. The number of anilines is 1. The fraction of sp³-hybridized carbons (Fsp3) is 0.607. The zero-order valence-electron chi connectivity index (χ0n) is 82.4. The number of nitrogens with one attached hydrogen (secondary N) is 1. The second kappa shape index (κ2) is 64.3. The minimum absolute atomic E-state index is 0.0171. The van der Waals surface area contributed by atoms with Crippen molar-refractivity contribution >= 4 is 29.5 Å². The van der Waals surface area contributed by atoms with Crippen molar-refractivity contribution in [1.82, 2.24) is 19.4 Å². The van der Waals surface area contributed by atoms with E-state index >= 15 is 9.59 Å². The number of aromatic nitrogens is 2. The maximum atomic E-state index is 15.3. The third-order valence-electron chi connectivity index (χ3n) is 26.6. The van der Waals surface area contributed by atoms with E-state index in [0.29, 0.717) is 70.8 Å². The maximum absolute atomic E-state index is 15.3. The zero-order valence-corrected chi connectivity index (χ0v) is 82.4. The van der Waals surface area contributed by atoms with Crippen molar-refractivity contribution in [3.8, 4) is 28.7 Å². The summed E-state index contributed by atoms with van der Waals surface area (Å²) in [5.41, 5.74) is 11.0. The molecular formula is C112H162N8O14. The highest BCUT2D eigenvalue weighted by Crippen LogP contribution is 2.45. The van der Waals surface area contributed by atoms with E-state index in [1.165, 1.54) is 293 Å². The van der Waals surface area contributed by atoms with Crippen molar-refractivity contribution in [3.63, 3.8) is 0 Å². The summed E-state index contributed by atoms with van der Waals surface area (Å²) in [4.78, 5) is 83.9. The Morgan fingerprint density at radius 1 is 0.448 bits per heavy atom. The van der Waals surface area contributed by atoms with Gasteiger partial charge >= 0.3 is 11.7 Å². The van der Waals surface area contributed by atoms with E-state index in [1.54, 1.807) is 54.4 Å². The van der Waals surface area contributed by atoms with Crippen molar-refractivity contribution in [2.45, 2.75) is 366 Å². The lowest BCUT2D eigenvalue weighted by molar-refractivity contribution is -0.0980. The van der Waals surface area contributed by atoms with Crippen molar-refractivity contribution in [3.05, 3.63) is 217 Å². The summed E-state index contributed by atoms with van der Waals surface area (Å²) < 4.78 is 59.9. The molecule has 7 aromatic rings. The first-order valence-corrected chi connectivity index (χ1v) is 52.0. The topological polar surface area (TPSA) is 254 Å². The fourth-order valence-electron chi connectivity index (χ4n) is 18.6. The van der Waals surface area contributed by atoms with Crippen molar-refractivity contribution < 1.29 is 61.8 Å². The number of ether oxygens (including phenoxy) is 9. The summed E-state index contributed by atoms with van der Waals surface area (Å²) in [6.45, 7) is 8.51. The minimum atomic E-state index is -1.39. The Morgan fingerprint density at radius 3 is 1.23 bits per heavy atom. The van der Waals surface area contributed by atoms with Crippen LogP contribution < -0.4 is 34.7 Å². The van der Waals surface area contributed by atoms with E-state index in [4.69, 9.17) is 42.6 Å². The van der Waals surface area contributed by atoms with Crippen molar-refractivity contribution in [2.75, 3.05) is 79.3 Å². The van der Waals surface area contributed by atoms with Crippen LogP contribution in [0.1, 0.15) is 399 Å². The molecule has 1 N–H and O–H groups in total. The van der Waals surface area contributed by atoms with Crippen LogP contribution in [0.5, 0.6) is 28.7 Å². The van der Waals surface area contributed by atoms with Crippen LogP contribution in [0.2, 0.25) is 0 Å². The summed E-state index contributed by atoms with van der Waals surface area (Å²) in [5, 5.41) is 6.60. The van der Waals surface area contributed by atoms with Gasteiger partial charge in [-0.1, -0.05) is 388 Å². The monoisotopic (exact) mass is 1840 g/mol. The summed E-state index contributed by atoms with van der Waals surface area (Å²) in [5.74, 6) is 0.860. The molecule has 4 atom stereocenters. The molecule has 2 fully saturated rings. The molecule has 0 saturated carbocycles. The standard InChI is InChI=1S/C112H162N8O14/c1-7-10-13-16-19-22-25-28-31-34-37-40-43-46-49-58-81-129-99-85-91(86-100(130-82-59-50-47-44-41-38-35-32-29-26-23-20-17-14-11-8-2)103(99)131-83-60-51-48-45-42-39-36-33-30-27-24-21-18-15-12-9-3)108(123)119-79-77-118(78-80-119)107(122)90-65-74-98(92(84-90)87-114-117-113)110(124)134-104-101(133-109(105(104)128-6)120-76-75-102(116-111(120)125)115-106(121)89-61-54-52-55-62-89)88-132-112(93-63-56-53-57-64-93,94-66-70-96(126-4)71-67-94)95-68-72-97(127-5)73-69-95/h52-57,61-76,84-86,101,104-105,109H,7-51,58-60,77-83,87-88H2,1-6H3,(H,115,116,121,125)/t101-,104-,105-,109-/m1/s1. The van der Waals surface area contributed by atoms with Crippen molar-refractivity contribution in [2.24, 2.45) is 5.11 Å². The Labute approximate surface area is 802 Å². The normalized spacial score (nSPS) is 14.9. The van der Waals surface area contributed by atoms with Crippen LogP contribution in [0, 0.1) is 0 Å². The first-order valence-electron chi connectivity index (χ1n) is 52.0. The van der Waals surface area contributed by atoms with E-state index in [9.17, 15) is 19.9 Å². The molecule has 6 aromatic carbocycles. The number of esters is 1. The Morgan fingerprint density at radius 2 is 0.836 bits per heavy atom. The van der Waals surface area contributed by atoms with E-state index in [1.807, 2.05) is 91.0 Å². The number of hydrogen-bond donors (Lipinski definition) is 1. The molecule has 734 valence electrons. The van der Waals surface area contributed by atoms with Gasteiger partial charge in [0.05, 0.1) is 52.8 Å². The number of amides is 3. The number of piperazine rings is 1. The minimum Gasteiger partial charge on any atom is -0.497 e. The molecule has 0 aliphatic carbocycles. The smallest absolute Gasteiger partial charge is 0.351 e. The Kier molecular flexibility index (Phi) is 51.8. The lowest BCUT2D eigenvalue weighted by atomic mass is 9.80. The van der Waals surface area contributed by atoms with Crippen LogP contribution in [0.4, 0.5) is 5.82 Å². The van der Waals surface area contributed by atoms with E-state index < -0.39 is 47.7 Å². The van der Waals surface area contributed by atoms with Gasteiger partial charge < -0.3 is 57.7 Å². The largest absolute Gasteiger partial charge is 0.497 e. The SMILES string of the molecule is CCCCCCCCCCCCCCCCCCOc1cc(C(=O)N2CCN(C(=O)c3ccc(C(=O)O[C@H]4[C@@H](OC)[C@H](n5ccc(NC(=O)c6ccccc6)nc5=O)O[C@@H]4COC(c4ccccc4)(c4ccc(OC)cc4)c4ccc(OC)cc4)c(CN=[N+]=[N-])c3)CC2)cc(OCCCCCCCCCCCCCCCCCC)c1OCCCCCCCCCCCCCCCCCC. The molecule has 0 unspecified atom stereocenters. The van der Waals surface area contributed by atoms with Gasteiger partial charge in [-0.2, -0.15) is 4.98 Å². The van der Waals surface area contributed by atoms with E-state index in [0.717, 1.165) is 63.4 Å². The second-order valence-electron chi connectivity index (χ2n) is 36.9. The first kappa shape index (κ1) is 108. The zero-order chi connectivity index (χ0) is 94.7. The maximum Gasteiger partial charge on any atom is 0.351 e. The van der Waals surface area contributed by atoms with Gasteiger partial charge in [0.2, 0.25) is 5.75 Å². The molecule has 2 saturated heterocycles. The molecule has 3 heterocycles. The average Bonchev–Trinajstić information content (AvgIpc) is 0.821. The molecular weight excluding hydrogens is 1680 g/mol. The summed E-state index contributed by atoms with van der Waals surface area (Å²) in [7, 11) is 4.58. The van der Waals surface area contributed by atoms with Crippen LogP contribution in [-0.4, -0.2) is 135 Å². The van der Waals surface area contributed by atoms with Gasteiger partial charge in [0.1, 0.15) is 35.1 Å². The quantitative estimate of drug-likeness (QED) is 0.00929. The van der Waals surface area contributed by atoms with Crippen molar-refractivity contribution in [1.29, 1.82) is 0 Å². The molecule has 1 aromatic heterocycles. The number of rotatable bonds is 72. The summed E-state index contributed by atoms with van der Waals surface area (Å²) >= 11 is 0. The molecule has 22 heteroatoms. The van der Waals surface area contributed by atoms with Crippen LogP contribution in [0.3, 0.4) is 0 Å². The van der Waals surface area contributed by atoms with E-state index in [2.05, 4.69) is 41.1 Å². The van der Waals surface area contributed by atoms with Gasteiger partial charge in [-0.3, -0.25) is 19.0 Å². The number of carbonyl (C=O) groups excluding carboxylic acids is 4. The number of methoxy groups -OCH3 is 3. The van der Waals surface area contributed by atoms with Crippen LogP contribution >= 0.6 is 0 Å². The van der Waals surface area contributed by atoms with Gasteiger partial charge in [-0.15, -0.1) is 0 Å². The molecule has 22 nitrogen and oxygen atoms in total. The Bertz CT molecular complexity index is 4430. The molecule has 0 spiro atoms. The molecule has 0 bridgehead atoms. The van der Waals surface area contributed by atoms with Crippen LogP contribution in [0.15, 0.2) is 162 Å². The third kappa shape index (κ3) is 36.7. The molecule has 0 radical (unpaired) electrons. The molecule has 3 amide bonds. The number of carbonyl (C=O) groups is 4. The highest BCUT2D eigenvalue weighted by molar-refractivity contribution is 6.03. The third-order valence-corrected chi connectivity index (χ3v) is 26.6. The number of unbranched alkanes of at least 4 members (excludes halogenated alkanes) is 45. The predicted molar refractivity (Wildman–Crippen MR) is 538 cm³/mol. The summed E-state index contributed by atoms with van der Waals surface area (Å²) in [6.07, 6.45) is 57.6. The molecule has 2 aliphatic heterocycles. The molecule has 2 aliphatic rings. The Hall–Kier alpha value is -9.73. The van der Waals surface area contributed by atoms with Gasteiger partial charge in [0.15, 0.2) is 23.8 Å². The van der Waals surface area contributed by atoms with Crippen LogP contribution in [0.25, 0.3) is 10.4 Å². The van der Waals surface area contributed by atoms with Gasteiger partial charge in [0.25, 0.3) is 17.7 Å². The fourth-order valence-corrected chi connectivity index (χ4v) is 18.6. The van der Waals surface area contributed by atoms with Crippen LogP contribution in [-0.2, 0) is 31.1 Å². The lowest BCUT2D eigenvalue weighted by Gasteiger charge is -2.37. The van der Waals surface area contributed by atoms with Gasteiger partial charge in [0, 0.05) is 61.1 Å². The lowest BCUT2D eigenvalue weighted by Crippen LogP contribution is -2.50. The average molecular weight is 1840 g/mol. The predicted octanol–water partition coefficient (Wildman–Crippen LogP) is 28.0. The number of benzene rings is 6. The first-order chi connectivity index (χ1) is 65.9. The van der Waals surface area contributed by atoms with Gasteiger partial charge in [-0.25, -0.2) is 9.59 Å². The summed E-state index contributed by atoms with van der Waals surface area (Å²) in [6, 6.07) is 42.8. The Balaban J connectivity index is 0.902. The molecule has 9 rings (SSSR count). The highest BCUT2D eigenvalue weighted by Gasteiger charge is 2.51. The van der Waals surface area contributed by atoms with E-state index in [-0.39, 0.29) is 73.7 Å².